The van der Waals surface area contributed by atoms with Crippen LogP contribution in [-0.2, 0) is 19.4 Å². The summed E-state index contributed by atoms with van der Waals surface area (Å²) in [4.78, 5) is 22.6. The lowest BCUT2D eigenvalue weighted by molar-refractivity contribution is 0.296. The predicted octanol–water partition coefficient (Wildman–Crippen LogP) is 6.77. The number of halogens is 3. The Kier molecular flexibility index (Phi) is 5.71. The van der Waals surface area contributed by atoms with Crippen molar-refractivity contribution in [1.29, 1.82) is 0 Å². The summed E-state index contributed by atoms with van der Waals surface area (Å²) in [6.45, 7) is 0.102. The van der Waals surface area contributed by atoms with Gasteiger partial charge in [-0.25, -0.2) is 9.37 Å². The standard InChI is InChI=1S/C23H17Br2FN2O2S/c24-15-9-13(10-16(25)20(15)30-11-12-5-1-3-7-17(12)26)21-27-22(29)19-14-6-2-4-8-18(14)31-23(19)28-21/h1,3,5,7,9-10H,2,4,6,8,11H2,(H,27,28,29). The third-order valence-corrected chi connectivity index (χ3v) is 7.79. The maximum Gasteiger partial charge on any atom is 0.260 e. The summed E-state index contributed by atoms with van der Waals surface area (Å²) >= 11 is 8.70. The van der Waals surface area contributed by atoms with Gasteiger partial charge in [-0.1, -0.05) is 18.2 Å². The maximum atomic E-state index is 13.9. The molecule has 4 nitrogen and oxygen atoms in total. The van der Waals surface area contributed by atoms with Gasteiger partial charge in [-0.15, -0.1) is 11.3 Å². The van der Waals surface area contributed by atoms with Crippen LogP contribution in [0.15, 0.2) is 50.1 Å². The Bertz CT molecular complexity index is 1340. The molecular weight excluding hydrogens is 547 g/mol. The van der Waals surface area contributed by atoms with Crippen LogP contribution < -0.4 is 10.3 Å². The number of fused-ring (bicyclic) bond motifs is 3. The predicted molar refractivity (Wildman–Crippen MR) is 128 cm³/mol. The number of nitrogens with zero attached hydrogens (tertiary/aromatic N) is 1. The highest BCUT2D eigenvalue weighted by atomic mass is 79.9. The van der Waals surface area contributed by atoms with E-state index in [1.807, 2.05) is 12.1 Å². The molecule has 31 heavy (non-hydrogen) atoms. The molecule has 0 saturated heterocycles. The molecule has 1 aliphatic carbocycles. The van der Waals surface area contributed by atoms with E-state index >= 15 is 0 Å². The van der Waals surface area contributed by atoms with Crippen LogP contribution in [0.2, 0.25) is 0 Å². The van der Waals surface area contributed by atoms with E-state index in [2.05, 4.69) is 36.8 Å². The molecule has 0 aliphatic heterocycles. The largest absolute Gasteiger partial charge is 0.486 e. The number of hydrogen-bond acceptors (Lipinski definition) is 4. The van der Waals surface area contributed by atoms with Gasteiger partial charge in [0.1, 0.15) is 28.8 Å². The van der Waals surface area contributed by atoms with Crippen molar-refractivity contribution in [2.24, 2.45) is 0 Å². The van der Waals surface area contributed by atoms with E-state index in [4.69, 9.17) is 9.72 Å². The van der Waals surface area contributed by atoms with Gasteiger partial charge in [-0.2, -0.15) is 0 Å². The van der Waals surface area contributed by atoms with Crippen molar-refractivity contribution in [2.45, 2.75) is 32.3 Å². The van der Waals surface area contributed by atoms with E-state index in [0.29, 0.717) is 26.1 Å². The molecule has 0 unspecified atom stereocenters. The first-order valence-corrected chi connectivity index (χ1v) is 12.3. The smallest absolute Gasteiger partial charge is 0.260 e. The molecule has 158 valence electrons. The lowest BCUT2D eigenvalue weighted by Crippen LogP contribution is -2.11. The molecule has 8 heteroatoms. The Morgan fingerprint density at radius 2 is 1.87 bits per heavy atom. The Morgan fingerprint density at radius 3 is 2.65 bits per heavy atom. The van der Waals surface area contributed by atoms with Crippen LogP contribution in [0.4, 0.5) is 4.39 Å². The Labute approximate surface area is 198 Å². The van der Waals surface area contributed by atoms with Crippen LogP contribution in [0.25, 0.3) is 21.6 Å². The molecule has 0 spiro atoms. The number of benzene rings is 2. The van der Waals surface area contributed by atoms with E-state index in [-0.39, 0.29) is 18.0 Å². The zero-order valence-electron chi connectivity index (χ0n) is 16.3. The fourth-order valence-corrected chi connectivity index (χ4v) is 6.58. The van der Waals surface area contributed by atoms with Crippen LogP contribution >= 0.6 is 43.2 Å². The van der Waals surface area contributed by atoms with Crippen LogP contribution in [0.1, 0.15) is 28.8 Å². The highest BCUT2D eigenvalue weighted by Crippen LogP contribution is 2.39. The second-order valence-corrected chi connectivity index (χ2v) is 10.2. The van der Waals surface area contributed by atoms with Crippen molar-refractivity contribution >= 4 is 53.4 Å². The lowest BCUT2D eigenvalue weighted by atomic mass is 9.97. The van der Waals surface area contributed by atoms with Gasteiger partial charge < -0.3 is 9.72 Å². The number of ether oxygens (including phenoxy) is 1. The van der Waals surface area contributed by atoms with Crippen molar-refractivity contribution < 1.29 is 9.13 Å². The fourth-order valence-electron chi connectivity index (χ4n) is 3.90. The summed E-state index contributed by atoms with van der Waals surface area (Å²) in [6, 6.07) is 10.2. The number of aromatic amines is 1. The zero-order valence-corrected chi connectivity index (χ0v) is 20.3. The first-order chi connectivity index (χ1) is 15.0. The fraction of sp³-hybridized carbons (Fsp3) is 0.217. The van der Waals surface area contributed by atoms with Gasteiger partial charge in [-0.3, -0.25) is 4.79 Å². The molecule has 4 aromatic rings. The van der Waals surface area contributed by atoms with E-state index in [1.165, 1.54) is 22.9 Å². The van der Waals surface area contributed by atoms with Gasteiger partial charge in [-0.05, 0) is 81.3 Å². The topological polar surface area (TPSA) is 55.0 Å². The summed E-state index contributed by atoms with van der Waals surface area (Å²) in [5.74, 6) is 0.764. The van der Waals surface area contributed by atoms with Crippen molar-refractivity contribution in [1.82, 2.24) is 9.97 Å². The van der Waals surface area contributed by atoms with Crippen LogP contribution in [0, 0.1) is 5.82 Å². The van der Waals surface area contributed by atoms with Crippen molar-refractivity contribution in [3.05, 3.63) is 77.5 Å². The molecule has 2 aromatic carbocycles. The van der Waals surface area contributed by atoms with Crippen LogP contribution in [-0.4, -0.2) is 9.97 Å². The number of aryl methyl sites for hydroxylation is 2. The quantitative estimate of drug-likeness (QED) is 0.298. The molecule has 5 rings (SSSR count). The zero-order chi connectivity index (χ0) is 21.5. The Morgan fingerprint density at radius 1 is 1.13 bits per heavy atom. The maximum absolute atomic E-state index is 13.9. The molecule has 0 bridgehead atoms. The third-order valence-electron chi connectivity index (χ3n) is 5.43. The summed E-state index contributed by atoms with van der Waals surface area (Å²) in [5, 5.41) is 0.742. The van der Waals surface area contributed by atoms with E-state index < -0.39 is 0 Å². The molecule has 0 amide bonds. The minimum Gasteiger partial charge on any atom is -0.486 e. The Balaban J connectivity index is 1.49. The SMILES string of the molecule is O=c1[nH]c(-c2cc(Br)c(OCc3ccccc3F)c(Br)c2)nc2sc3c(c12)CCCC3. The summed E-state index contributed by atoms with van der Waals surface area (Å²) in [7, 11) is 0. The minimum absolute atomic E-state index is 0.0912. The first-order valence-electron chi connectivity index (χ1n) is 9.91. The molecule has 0 atom stereocenters. The van der Waals surface area contributed by atoms with E-state index in [9.17, 15) is 9.18 Å². The molecule has 1 N–H and O–H groups in total. The van der Waals surface area contributed by atoms with Gasteiger partial charge in [0.05, 0.1) is 14.3 Å². The summed E-state index contributed by atoms with van der Waals surface area (Å²) in [5.41, 5.74) is 2.31. The van der Waals surface area contributed by atoms with Crippen molar-refractivity contribution in [3.8, 4) is 17.1 Å². The van der Waals surface area contributed by atoms with Crippen LogP contribution in [0.5, 0.6) is 5.75 Å². The minimum atomic E-state index is -0.305. The summed E-state index contributed by atoms with van der Waals surface area (Å²) < 4.78 is 21.1. The second kappa shape index (κ2) is 8.48. The van der Waals surface area contributed by atoms with E-state index in [0.717, 1.165) is 35.0 Å². The molecule has 0 saturated carbocycles. The normalized spacial score (nSPS) is 13.4. The lowest BCUT2D eigenvalue weighted by Gasteiger charge is -2.13. The molecule has 2 heterocycles. The monoisotopic (exact) mass is 562 g/mol. The van der Waals surface area contributed by atoms with Crippen molar-refractivity contribution in [2.75, 3.05) is 0 Å². The Hall–Kier alpha value is -2.03. The third kappa shape index (κ3) is 3.97. The first kappa shape index (κ1) is 20.8. The number of thiophene rings is 1. The number of hydrogen-bond donors (Lipinski definition) is 1. The summed E-state index contributed by atoms with van der Waals surface area (Å²) in [6.07, 6.45) is 4.26. The van der Waals surface area contributed by atoms with Gasteiger partial charge in [0.2, 0.25) is 0 Å². The van der Waals surface area contributed by atoms with E-state index in [1.54, 1.807) is 29.5 Å². The molecule has 1 aliphatic rings. The number of aromatic nitrogens is 2. The average molecular weight is 564 g/mol. The number of rotatable bonds is 4. The van der Waals surface area contributed by atoms with Crippen molar-refractivity contribution in [3.63, 3.8) is 0 Å². The van der Waals surface area contributed by atoms with Gasteiger partial charge in [0.15, 0.2) is 0 Å². The molecule has 0 fully saturated rings. The second-order valence-electron chi connectivity index (χ2n) is 7.45. The molecule has 0 radical (unpaired) electrons. The molecule has 2 aromatic heterocycles. The van der Waals surface area contributed by atoms with Gasteiger partial charge in [0.25, 0.3) is 5.56 Å². The number of H-pyrrole nitrogens is 1. The highest BCUT2D eigenvalue weighted by Gasteiger charge is 2.21. The molecular formula is C23H17Br2FN2O2S. The average Bonchev–Trinajstić information content (AvgIpc) is 3.13. The number of nitrogens with one attached hydrogen (secondary N) is 1. The highest BCUT2D eigenvalue weighted by molar-refractivity contribution is 9.11. The van der Waals surface area contributed by atoms with Crippen LogP contribution in [0.3, 0.4) is 0 Å². The van der Waals surface area contributed by atoms with Gasteiger partial charge in [0, 0.05) is 16.0 Å². The van der Waals surface area contributed by atoms with Gasteiger partial charge >= 0.3 is 0 Å².